The number of benzene rings is 1. The van der Waals surface area contributed by atoms with Gasteiger partial charge < -0.3 is 0 Å². The lowest BCUT2D eigenvalue weighted by molar-refractivity contribution is 1.33. The van der Waals surface area contributed by atoms with Crippen LogP contribution >= 0.6 is 12.4 Å². The predicted molar refractivity (Wildman–Crippen MR) is 58.5 cm³/mol. The minimum absolute atomic E-state index is 0. The standard InChI is InChI=1S/C11H11N.ClH/c1-8-3-4-11-10(5-8)6-9(2)7-12-11;/h3-7H,1-2H3;1H. The minimum atomic E-state index is 0. The second kappa shape index (κ2) is 3.75. The van der Waals surface area contributed by atoms with E-state index in [1.165, 1.54) is 16.5 Å². The van der Waals surface area contributed by atoms with E-state index < -0.39 is 0 Å². The van der Waals surface area contributed by atoms with Gasteiger partial charge in [-0.05, 0) is 37.6 Å². The topological polar surface area (TPSA) is 12.9 Å². The highest BCUT2D eigenvalue weighted by Crippen LogP contribution is 2.14. The van der Waals surface area contributed by atoms with Crippen LogP contribution in [0.1, 0.15) is 11.1 Å². The summed E-state index contributed by atoms with van der Waals surface area (Å²) in [5.41, 5.74) is 3.58. The van der Waals surface area contributed by atoms with Crippen molar-refractivity contribution in [3.8, 4) is 0 Å². The molecule has 1 aromatic heterocycles. The number of fused-ring (bicyclic) bond motifs is 1. The van der Waals surface area contributed by atoms with Crippen LogP contribution in [0.25, 0.3) is 10.9 Å². The van der Waals surface area contributed by atoms with Gasteiger partial charge in [0.25, 0.3) is 0 Å². The zero-order valence-corrected chi connectivity index (χ0v) is 8.56. The molecule has 0 aliphatic carbocycles. The molecule has 0 unspecified atom stereocenters. The average molecular weight is 194 g/mol. The van der Waals surface area contributed by atoms with Gasteiger partial charge in [-0.1, -0.05) is 11.6 Å². The van der Waals surface area contributed by atoms with E-state index in [1.807, 2.05) is 6.20 Å². The van der Waals surface area contributed by atoms with Crippen LogP contribution in [0, 0.1) is 13.8 Å². The van der Waals surface area contributed by atoms with Gasteiger partial charge in [-0.2, -0.15) is 0 Å². The largest absolute Gasteiger partial charge is 0.256 e. The summed E-state index contributed by atoms with van der Waals surface area (Å²) in [4.78, 5) is 4.32. The van der Waals surface area contributed by atoms with E-state index in [0.717, 1.165) is 5.52 Å². The molecule has 0 saturated heterocycles. The first-order valence-electron chi connectivity index (χ1n) is 4.09. The summed E-state index contributed by atoms with van der Waals surface area (Å²) in [6.07, 6.45) is 1.90. The molecule has 2 aromatic rings. The molecular formula is C11H12ClN. The molecule has 0 aliphatic rings. The molecule has 13 heavy (non-hydrogen) atoms. The van der Waals surface area contributed by atoms with Crippen molar-refractivity contribution in [2.45, 2.75) is 13.8 Å². The number of aromatic nitrogens is 1. The fourth-order valence-electron chi connectivity index (χ4n) is 1.36. The maximum Gasteiger partial charge on any atom is 0.0702 e. The van der Waals surface area contributed by atoms with Gasteiger partial charge in [0.1, 0.15) is 0 Å². The number of pyridine rings is 1. The summed E-state index contributed by atoms with van der Waals surface area (Å²) in [5, 5.41) is 1.23. The number of nitrogens with zero attached hydrogens (tertiary/aromatic N) is 1. The van der Waals surface area contributed by atoms with E-state index in [-0.39, 0.29) is 12.4 Å². The summed E-state index contributed by atoms with van der Waals surface area (Å²) >= 11 is 0. The molecule has 2 rings (SSSR count). The monoisotopic (exact) mass is 193 g/mol. The predicted octanol–water partition coefficient (Wildman–Crippen LogP) is 3.27. The van der Waals surface area contributed by atoms with Crippen LogP contribution in [-0.4, -0.2) is 4.98 Å². The Morgan fingerprint density at radius 3 is 2.46 bits per heavy atom. The molecule has 1 nitrogen and oxygen atoms in total. The van der Waals surface area contributed by atoms with Crippen molar-refractivity contribution in [3.05, 3.63) is 41.6 Å². The number of hydrogen-bond acceptors (Lipinski definition) is 1. The molecule has 1 heterocycles. The molecule has 1 aromatic carbocycles. The van der Waals surface area contributed by atoms with Gasteiger partial charge in [-0.25, -0.2) is 0 Å². The van der Waals surface area contributed by atoms with Crippen molar-refractivity contribution >= 4 is 23.3 Å². The Hall–Kier alpha value is -1.08. The second-order valence-electron chi connectivity index (χ2n) is 3.21. The number of rotatable bonds is 0. The molecule has 0 spiro atoms. The van der Waals surface area contributed by atoms with Crippen LogP contribution in [0.4, 0.5) is 0 Å². The van der Waals surface area contributed by atoms with Gasteiger partial charge in [0.05, 0.1) is 5.52 Å². The summed E-state index contributed by atoms with van der Waals surface area (Å²) < 4.78 is 0. The summed E-state index contributed by atoms with van der Waals surface area (Å²) in [7, 11) is 0. The SMILES string of the molecule is Cc1ccc2ncc(C)cc2c1.Cl. The lowest BCUT2D eigenvalue weighted by Gasteiger charge is -1.99. The molecule has 2 heteroatoms. The minimum Gasteiger partial charge on any atom is -0.256 e. The van der Waals surface area contributed by atoms with Gasteiger partial charge in [0.15, 0.2) is 0 Å². The van der Waals surface area contributed by atoms with Crippen molar-refractivity contribution in [2.75, 3.05) is 0 Å². The van der Waals surface area contributed by atoms with Crippen molar-refractivity contribution in [2.24, 2.45) is 0 Å². The van der Waals surface area contributed by atoms with Crippen LogP contribution < -0.4 is 0 Å². The summed E-state index contributed by atoms with van der Waals surface area (Å²) in [6.45, 7) is 4.16. The molecule has 0 saturated carbocycles. The molecule has 0 aliphatic heterocycles. The second-order valence-corrected chi connectivity index (χ2v) is 3.21. The molecule has 0 atom stereocenters. The number of aryl methyl sites for hydroxylation is 2. The molecule has 0 N–H and O–H groups in total. The molecule has 0 amide bonds. The van der Waals surface area contributed by atoms with Crippen molar-refractivity contribution < 1.29 is 0 Å². The molecule has 0 bridgehead atoms. The first-order valence-corrected chi connectivity index (χ1v) is 4.09. The lowest BCUT2D eigenvalue weighted by atomic mass is 10.1. The van der Waals surface area contributed by atoms with Crippen LogP contribution in [0.15, 0.2) is 30.5 Å². The van der Waals surface area contributed by atoms with E-state index in [1.54, 1.807) is 0 Å². The Kier molecular flexibility index (Phi) is 2.89. The van der Waals surface area contributed by atoms with E-state index in [0.29, 0.717) is 0 Å². The van der Waals surface area contributed by atoms with Gasteiger partial charge in [0, 0.05) is 11.6 Å². The van der Waals surface area contributed by atoms with Crippen molar-refractivity contribution in [1.82, 2.24) is 4.98 Å². The molecular weight excluding hydrogens is 182 g/mol. The quantitative estimate of drug-likeness (QED) is 0.626. The van der Waals surface area contributed by atoms with Crippen molar-refractivity contribution in [3.63, 3.8) is 0 Å². The fraction of sp³-hybridized carbons (Fsp3) is 0.182. The van der Waals surface area contributed by atoms with Gasteiger partial charge >= 0.3 is 0 Å². The van der Waals surface area contributed by atoms with Crippen LogP contribution in [0.5, 0.6) is 0 Å². The fourth-order valence-corrected chi connectivity index (χ4v) is 1.36. The highest BCUT2D eigenvalue weighted by molar-refractivity contribution is 5.85. The third kappa shape index (κ3) is 1.99. The third-order valence-corrected chi connectivity index (χ3v) is 1.97. The van der Waals surface area contributed by atoms with Crippen molar-refractivity contribution in [1.29, 1.82) is 0 Å². The lowest BCUT2D eigenvalue weighted by Crippen LogP contribution is -1.81. The van der Waals surface area contributed by atoms with E-state index in [2.05, 4.69) is 43.1 Å². The van der Waals surface area contributed by atoms with E-state index >= 15 is 0 Å². The normalized spacial score (nSPS) is 9.69. The Labute approximate surface area is 84.2 Å². The summed E-state index contributed by atoms with van der Waals surface area (Å²) in [6, 6.07) is 8.47. The first kappa shape index (κ1) is 10.0. The van der Waals surface area contributed by atoms with Gasteiger partial charge in [-0.15, -0.1) is 12.4 Å². The highest BCUT2D eigenvalue weighted by Gasteiger charge is 1.94. The van der Waals surface area contributed by atoms with E-state index in [4.69, 9.17) is 0 Å². The molecule has 0 radical (unpaired) electrons. The maximum atomic E-state index is 4.32. The number of halogens is 1. The zero-order valence-electron chi connectivity index (χ0n) is 7.74. The Morgan fingerprint density at radius 1 is 1.00 bits per heavy atom. The van der Waals surface area contributed by atoms with Crippen LogP contribution in [0.3, 0.4) is 0 Å². The maximum absolute atomic E-state index is 4.32. The smallest absolute Gasteiger partial charge is 0.0702 e. The Bertz CT molecular complexity index is 387. The van der Waals surface area contributed by atoms with Crippen LogP contribution in [-0.2, 0) is 0 Å². The first-order chi connectivity index (χ1) is 5.75. The van der Waals surface area contributed by atoms with E-state index in [9.17, 15) is 0 Å². The van der Waals surface area contributed by atoms with Crippen LogP contribution in [0.2, 0.25) is 0 Å². The average Bonchev–Trinajstić information content (AvgIpc) is 2.03. The number of hydrogen-bond donors (Lipinski definition) is 0. The van der Waals surface area contributed by atoms with Gasteiger partial charge in [-0.3, -0.25) is 4.98 Å². The Morgan fingerprint density at radius 2 is 1.69 bits per heavy atom. The van der Waals surface area contributed by atoms with Gasteiger partial charge in [0.2, 0.25) is 0 Å². The molecule has 68 valence electrons. The summed E-state index contributed by atoms with van der Waals surface area (Å²) in [5.74, 6) is 0. The Balaban J connectivity index is 0.000000845. The highest BCUT2D eigenvalue weighted by atomic mass is 35.5. The molecule has 0 fully saturated rings. The third-order valence-electron chi connectivity index (χ3n) is 1.97. The zero-order chi connectivity index (χ0) is 8.55.